The van der Waals surface area contributed by atoms with Crippen LogP contribution in [-0.4, -0.2) is 130 Å². The van der Waals surface area contributed by atoms with E-state index < -0.39 is 78.5 Å². The number of carbonyl (C=O) groups is 9. The summed E-state index contributed by atoms with van der Waals surface area (Å²) >= 11 is 6.02. The van der Waals surface area contributed by atoms with E-state index in [0.29, 0.717) is 36.6 Å². The normalized spacial score (nSPS) is 18.3. The first-order valence-corrected chi connectivity index (χ1v) is 22.7. The summed E-state index contributed by atoms with van der Waals surface area (Å²) in [6, 6.07) is 2.42. The zero-order valence-electron chi connectivity index (χ0n) is 35.5. The quantitative estimate of drug-likeness (QED) is 0.0152. The van der Waals surface area contributed by atoms with Gasteiger partial charge < -0.3 is 53.4 Å². The van der Waals surface area contributed by atoms with Gasteiger partial charge in [-0.3, -0.25) is 43.6 Å². The highest BCUT2D eigenvalue weighted by Crippen LogP contribution is 2.33. The van der Waals surface area contributed by atoms with Crippen molar-refractivity contribution in [1.29, 1.82) is 0 Å². The van der Waals surface area contributed by atoms with Crippen LogP contribution in [-0.2, 0) is 44.8 Å². The lowest BCUT2D eigenvalue weighted by atomic mass is 9.92. The van der Waals surface area contributed by atoms with Gasteiger partial charge in [0, 0.05) is 48.5 Å². The maximum Gasteiger partial charge on any atom is 0.315 e. The molecule has 13 N–H and O–H groups in total. The second kappa shape index (κ2) is 27.0. The predicted molar refractivity (Wildman–Crippen MR) is 235 cm³/mol. The number of unbranched alkanes of at least 4 members (excludes halogenated alkanes) is 2. The summed E-state index contributed by atoms with van der Waals surface area (Å²) in [5, 5.41) is 40.1. The number of benzene rings is 1. The maximum atomic E-state index is 13.4. The van der Waals surface area contributed by atoms with E-state index in [1.165, 1.54) is 29.7 Å². The molecule has 0 aliphatic carbocycles. The molecular formula is C40H62N10O11S2. The van der Waals surface area contributed by atoms with Crippen LogP contribution in [0, 0.1) is 11.8 Å². The number of carbonyl (C=O) groups excluding carboxylic acids is 9. The Hall–Kier alpha value is -5.29. The lowest BCUT2D eigenvalue weighted by Crippen LogP contribution is -2.56. The first-order valence-electron chi connectivity index (χ1n) is 21.0. The molecular weight excluding hydrogens is 861 g/mol. The van der Waals surface area contributed by atoms with Gasteiger partial charge in [-0.05, 0) is 62.1 Å². The third-order valence-electron chi connectivity index (χ3n) is 10.4. The standard InChI is InChI=1S/C40H62N10O11S2/c1-22(2)15-24(17-32(53)50-61)37(57)47-28(20-62)39(59)46-27(16-23-10-12-25(51)13-11-23)38(58)44-18-33(54)43-19-34(55)45-26(36(41)56)7-5-6-14-42-31(52)9-4-3-8-30-35-29(21-63-30)48-40(60)49-35/h10-13,22,24,26-30,35,51,61-62H,3-9,14-21H2,1-2H3,(H2,41,56)(H,42,52)(H,43,54)(H,44,58)(H,45,55)(H,46,59)(H,47,57)(H,50,53)(H2,48,49,60)/t24?,26-,27-,28-,29-,30-,35-/m0/s1. The van der Waals surface area contributed by atoms with Gasteiger partial charge in [0.05, 0.1) is 25.2 Å². The minimum atomic E-state index is -1.29. The third-order valence-corrected chi connectivity index (χ3v) is 12.3. The minimum Gasteiger partial charge on any atom is -0.508 e. The van der Waals surface area contributed by atoms with Crippen molar-refractivity contribution in [3.63, 3.8) is 0 Å². The molecule has 23 heteroatoms. The number of hydrogen-bond donors (Lipinski definition) is 13. The fourth-order valence-electron chi connectivity index (χ4n) is 7.08. The molecule has 2 heterocycles. The van der Waals surface area contributed by atoms with Gasteiger partial charge in [0.15, 0.2) is 0 Å². The Labute approximate surface area is 375 Å². The van der Waals surface area contributed by atoms with Crippen LogP contribution < -0.4 is 53.7 Å². The largest absolute Gasteiger partial charge is 0.508 e. The number of amides is 10. The molecule has 21 nitrogen and oxygen atoms in total. The number of phenolic OH excluding ortho intramolecular Hbond substituents is 1. The second-order valence-corrected chi connectivity index (χ2v) is 17.6. The lowest BCUT2D eigenvalue weighted by Gasteiger charge is -2.24. The first-order chi connectivity index (χ1) is 30.0. The molecule has 2 aliphatic heterocycles. The number of nitrogens with two attached hydrogens (primary N) is 1. The minimum absolute atomic E-state index is 0.00340. The third kappa shape index (κ3) is 18.9. The number of fused-ring (bicyclic) bond motifs is 1. The molecule has 0 spiro atoms. The van der Waals surface area contributed by atoms with E-state index in [9.17, 15) is 48.3 Å². The Morgan fingerprint density at radius 1 is 0.810 bits per heavy atom. The Morgan fingerprint density at radius 2 is 1.51 bits per heavy atom. The second-order valence-electron chi connectivity index (χ2n) is 16.0. The van der Waals surface area contributed by atoms with E-state index >= 15 is 0 Å². The zero-order chi connectivity index (χ0) is 46.5. The van der Waals surface area contributed by atoms with Crippen molar-refractivity contribution in [1.82, 2.24) is 48.0 Å². The van der Waals surface area contributed by atoms with Crippen molar-refractivity contribution < 1.29 is 53.5 Å². The van der Waals surface area contributed by atoms with Crippen LogP contribution in [0.4, 0.5) is 4.79 Å². The molecule has 1 unspecified atom stereocenters. The van der Waals surface area contributed by atoms with Crippen LogP contribution in [0.3, 0.4) is 0 Å². The number of hydroxylamine groups is 1. The summed E-state index contributed by atoms with van der Waals surface area (Å²) < 4.78 is 0. The number of rotatable bonds is 28. The number of hydrogen-bond acceptors (Lipinski definition) is 13. The van der Waals surface area contributed by atoms with E-state index in [0.717, 1.165) is 25.0 Å². The molecule has 10 amide bonds. The van der Waals surface area contributed by atoms with Crippen molar-refractivity contribution in [2.45, 2.75) is 114 Å². The van der Waals surface area contributed by atoms with E-state index in [1.807, 2.05) is 25.6 Å². The van der Waals surface area contributed by atoms with E-state index in [1.54, 1.807) is 0 Å². The maximum absolute atomic E-state index is 13.4. The van der Waals surface area contributed by atoms with Gasteiger partial charge in [-0.25, -0.2) is 10.3 Å². The lowest BCUT2D eigenvalue weighted by molar-refractivity contribution is -0.136. The summed E-state index contributed by atoms with van der Waals surface area (Å²) in [5.74, 6) is -5.57. The smallest absolute Gasteiger partial charge is 0.315 e. The van der Waals surface area contributed by atoms with Gasteiger partial charge in [-0.2, -0.15) is 24.4 Å². The topological polar surface area (TPSA) is 328 Å². The van der Waals surface area contributed by atoms with Crippen LogP contribution in [0.15, 0.2) is 24.3 Å². The number of nitrogens with one attached hydrogen (secondary N) is 9. The zero-order valence-corrected chi connectivity index (χ0v) is 37.2. The summed E-state index contributed by atoms with van der Waals surface area (Å²) in [4.78, 5) is 113. The predicted octanol–water partition coefficient (Wildman–Crippen LogP) is -1.39. The molecule has 0 bridgehead atoms. The highest BCUT2D eigenvalue weighted by atomic mass is 32.2. The van der Waals surface area contributed by atoms with Crippen LogP contribution in [0.2, 0.25) is 0 Å². The summed E-state index contributed by atoms with van der Waals surface area (Å²) in [7, 11) is 0. The van der Waals surface area contributed by atoms with E-state index in [4.69, 9.17) is 10.9 Å². The van der Waals surface area contributed by atoms with Crippen LogP contribution in [0.5, 0.6) is 5.75 Å². The first kappa shape index (κ1) is 52.1. The molecule has 350 valence electrons. The summed E-state index contributed by atoms with van der Waals surface area (Å²) in [6.07, 6.45) is 3.89. The highest BCUT2D eigenvalue weighted by Gasteiger charge is 2.42. The Bertz CT molecular complexity index is 1760. The van der Waals surface area contributed by atoms with Crippen LogP contribution >= 0.6 is 24.4 Å². The van der Waals surface area contributed by atoms with Gasteiger partial charge in [0.1, 0.15) is 23.9 Å². The SMILES string of the molecule is CC(C)CC(CC(=O)NO)C(=O)N[C@@H](CS)C(=O)N[C@@H](Cc1ccc(O)cc1)C(=O)NCC(=O)NCC(=O)N[C@@H](CCCCNC(=O)CCCC[C@@H]1SC[C@@H]2NC(=O)N[C@@H]21)C(N)=O. The van der Waals surface area contributed by atoms with E-state index in [-0.39, 0.29) is 67.1 Å². The van der Waals surface area contributed by atoms with Gasteiger partial charge in [0.2, 0.25) is 47.3 Å². The Balaban J connectivity index is 1.41. The molecule has 63 heavy (non-hydrogen) atoms. The van der Waals surface area contributed by atoms with Gasteiger partial charge in [-0.15, -0.1) is 0 Å². The van der Waals surface area contributed by atoms with Gasteiger partial charge in [0.25, 0.3) is 0 Å². The Kier molecular flexibility index (Phi) is 22.3. The fraction of sp³-hybridized carbons (Fsp3) is 0.625. The number of thioether (sulfide) groups is 1. The van der Waals surface area contributed by atoms with E-state index in [2.05, 4.69) is 55.2 Å². The number of phenols is 1. The molecule has 2 fully saturated rings. The van der Waals surface area contributed by atoms with Crippen molar-refractivity contribution in [3.05, 3.63) is 29.8 Å². The molecule has 2 saturated heterocycles. The van der Waals surface area contributed by atoms with Crippen molar-refractivity contribution in [3.8, 4) is 5.75 Å². The average molecular weight is 923 g/mol. The molecule has 7 atom stereocenters. The fourth-order valence-corrected chi connectivity index (χ4v) is 8.88. The number of thiol groups is 1. The molecule has 0 aromatic heterocycles. The monoisotopic (exact) mass is 922 g/mol. The average Bonchev–Trinajstić information content (AvgIpc) is 3.80. The molecule has 1 aromatic carbocycles. The molecule has 0 radical (unpaired) electrons. The highest BCUT2D eigenvalue weighted by molar-refractivity contribution is 8.00. The summed E-state index contributed by atoms with van der Waals surface area (Å²) in [5.41, 5.74) is 7.51. The molecule has 3 rings (SSSR count). The number of primary amides is 1. The number of urea groups is 1. The van der Waals surface area contributed by atoms with Crippen molar-refractivity contribution in [2.75, 3.05) is 31.1 Å². The van der Waals surface area contributed by atoms with Crippen molar-refractivity contribution >= 4 is 77.7 Å². The van der Waals surface area contributed by atoms with Crippen LogP contribution in [0.1, 0.15) is 77.2 Å². The Morgan fingerprint density at radius 3 is 2.17 bits per heavy atom. The molecule has 2 aliphatic rings. The van der Waals surface area contributed by atoms with Gasteiger partial charge in [-0.1, -0.05) is 32.4 Å². The molecule has 1 aromatic rings. The summed E-state index contributed by atoms with van der Waals surface area (Å²) in [6.45, 7) is 2.90. The van der Waals surface area contributed by atoms with Crippen molar-refractivity contribution in [2.24, 2.45) is 17.6 Å². The number of aromatic hydroxyl groups is 1. The van der Waals surface area contributed by atoms with Crippen LogP contribution in [0.25, 0.3) is 0 Å². The van der Waals surface area contributed by atoms with Gasteiger partial charge >= 0.3 is 6.03 Å². The molecule has 0 saturated carbocycles.